The van der Waals surface area contributed by atoms with Crippen molar-refractivity contribution >= 4 is 5.96 Å². The van der Waals surface area contributed by atoms with Crippen molar-refractivity contribution < 1.29 is 13.2 Å². The van der Waals surface area contributed by atoms with E-state index in [1.807, 2.05) is 6.92 Å². The van der Waals surface area contributed by atoms with E-state index in [2.05, 4.69) is 15.2 Å². The van der Waals surface area contributed by atoms with Crippen molar-refractivity contribution in [3.63, 3.8) is 0 Å². The van der Waals surface area contributed by atoms with Crippen LogP contribution >= 0.6 is 0 Å². The van der Waals surface area contributed by atoms with Crippen LogP contribution in [0.1, 0.15) is 45.4 Å². The molecule has 1 spiro atoms. The zero-order valence-electron chi connectivity index (χ0n) is 15.0. The molecule has 2 rings (SSSR count). The van der Waals surface area contributed by atoms with Crippen molar-refractivity contribution in [1.29, 1.82) is 0 Å². The van der Waals surface area contributed by atoms with Crippen LogP contribution in [0.2, 0.25) is 0 Å². The number of aliphatic imine (C=N–C) groups is 1. The highest BCUT2D eigenvalue weighted by atomic mass is 19.4. The zero-order valence-corrected chi connectivity index (χ0v) is 15.0. The van der Waals surface area contributed by atoms with Gasteiger partial charge in [0.1, 0.15) is 0 Å². The van der Waals surface area contributed by atoms with Gasteiger partial charge in [-0.1, -0.05) is 12.8 Å². The van der Waals surface area contributed by atoms with E-state index in [0.717, 1.165) is 25.6 Å². The van der Waals surface area contributed by atoms with Crippen LogP contribution in [0.5, 0.6) is 0 Å². The minimum Gasteiger partial charge on any atom is -0.357 e. The lowest BCUT2D eigenvalue weighted by atomic mass is 9.86. The monoisotopic (exact) mass is 348 g/mol. The second-order valence-electron chi connectivity index (χ2n) is 7.32. The van der Waals surface area contributed by atoms with Crippen molar-refractivity contribution in [1.82, 2.24) is 15.1 Å². The summed E-state index contributed by atoms with van der Waals surface area (Å²) < 4.78 is 36.9. The maximum Gasteiger partial charge on any atom is 0.401 e. The SMILES string of the molecule is CCNC(=NCCCN(C)CC(F)(F)F)N1CCC2(CCCC2)C1. The summed E-state index contributed by atoms with van der Waals surface area (Å²) in [4.78, 5) is 8.29. The minimum absolute atomic E-state index is 0.409. The number of likely N-dealkylation sites (tertiary alicyclic amines) is 1. The van der Waals surface area contributed by atoms with Crippen molar-refractivity contribution in [2.45, 2.75) is 51.6 Å². The quantitative estimate of drug-likeness (QED) is 0.455. The number of hydrogen-bond acceptors (Lipinski definition) is 2. The van der Waals surface area contributed by atoms with Crippen LogP contribution in [0, 0.1) is 5.41 Å². The smallest absolute Gasteiger partial charge is 0.357 e. The zero-order chi connectivity index (χ0) is 17.6. The maximum absolute atomic E-state index is 12.3. The Balaban J connectivity index is 1.79. The van der Waals surface area contributed by atoms with Gasteiger partial charge in [0.15, 0.2) is 5.96 Å². The fraction of sp³-hybridized carbons (Fsp3) is 0.941. The summed E-state index contributed by atoms with van der Waals surface area (Å²) in [5.74, 6) is 0.930. The van der Waals surface area contributed by atoms with Gasteiger partial charge in [0, 0.05) is 26.2 Å². The van der Waals surface area contributed by atoms with Crippen molar-refractivity contribution in [2.24, 2.45) is 10.4 Å². The molecule has 1 saturated carbocycles. The second kappa shape index (κ2) is 8.41. The molecular weight excluding hydrogens is 317 g/mol. The Hall–Kier alpha value is -0.980. The molecule has 1 aliphatic heterocycles. The Morgan fingerprint density at radius 3 is 2.58 bits per heavy atom. The molecule has 24 heavy (non-hydrogen) atoms. The van der Waals surface area contributed by atoms with Crippen LogP contribution in [0.25, 0.3) is 0 Å². The largest absolute Gasteiger partial charge is 0.401 e. The minimum atomic E-state index is -4.13. The molecule has 0 unspecified atom stereocenters. The second-order valence-corrected chi connectivity index (χ2v) is 7.32. The highest BCUT2D eigenvalue weighted by Gasteiger charge is 2.41. The molecule has 1 aliphatic carbocycles. The van der Waals surface area contributed by atoms with Crippen LogP contribution < -0.4 is 5.32 Å². The number of rotatable bonds is 6. The fourth-order valence-electron chi connectivity index (χ4n) is 3.99. The van der Waals surface area contributed by atoms with E-state index in [9.17, 15) is 13.2 Å². The first kappa shape index (κ1) is 19.3. The predicted molar refractivity (Wildman–Crippen MR) is 91.2 cm³/mol. The van der Waals surface area contributed by atoms with Crippen LogP contribution in [-0.2, 0) is 0 Å². The average Bonchev–Trinajstić information content (AvgIpc) is 3.11. The third-order valence-corrected chi connectivity index (χ3v) is 5.15. The molecule has 2 aliphatic rings. The van der Waals surface area contributed by atoms with Gasteiger partial charge in [0.05, 0.1) is 6.54 Å². The van der Waals surface area contributed by atoms with Crippen LogP contribution in [0.3, 0.4) is 0 Å². The van der Waals surface area contributed by atoms with Gasteiger partial charge < -0.3 is 10.2 Å². The van der Waals surface area contributed by atoms with Crippen molar-refractivity contribution in [2.75, 3.05) is 46.3 Å². The molecule has 0 aromatic rings. The van der Waals surface area contributed by atoms with E-state index < -0.39 is 12.7 Å². The van der Waals surface area contributed by atoms with Crippen LogP contribution in [0.4, 0.5) is 13.2 Å². The predicted octanol–water partition coefficient (Wildman–Crippen LogP) is 3.10. The molecule has 140 valence electrons. The maximum atomic E-state index is 12.3. The Morgan fingerprint density at radius 1 is 1.25 bits per heavy atom. The topological polar surface area (TPSA) is 30.9 Å². The molecule has 1 saturated heterocycles. The molecule has 0 aromatic carbocycles. The van der Waals surface area contributed by atoms with Gasteiger partial charge in [-0.2, -0.15) is 13.2 Å². The van der Waals surface area contributed by atoms with E-state index in [-0.39, 0.29) is 0 Å². The molecule has 2 fully saturated rings. The molecule has 0 atom stereocenters. The lowest BCUT2D eigenvalue weighted by Gasteiger charge is -2.26. The van der Waals surface area contributed by atoms with Gasteiger partial charge in [-0.05, 0) is 51.6 Å². The molecular formula is C17H31F3N4. The van der Waals surface area contributed by atoms with Gasteiger partial charge in [-0.3, -0.25) is 9.89 Å². The Bertz CT molecular complexity index is 417. The summed E-state index contributed by atoms with van der Waals surface area (Å²) in [6.45, 7) is 5.10. The van der Waals surface area contributed by atoms with E-state index in [0.29, 0.717) is 24.9 Å². The number of alkyl halides is 3. The Labute approximate surface area is 143 Å². The highest BCUT2D eigenvalue weighted by Crippen LogP contribution is 2.45. The lowest BCUT2D eigenvalue weighted by Crippen LogP contribution is -2.41. The van der Waals surface area contributed by atoms with Crippen LogP contribution in [-0.4, -0.2) is 68.3 Å². The van der Waals surface area contributed by atoms with E-state index in [1.54, 1.807) is 0 Å². The molecule has 1 heterocycles. The lowest BCUT2D eigenvalue weighted by molar-refractivity contribution is -0.143. The third-order valence-electron chi connectivity index (χ3n) is 5.15. The van der Waals surface area contributed by atoms with Crippen LogP contribution in [0.15, 0.2) is 4.99 Å². The summed E-state index contributed by atoms with van der Waals surface area (Å²) in [5.41, 5.74) is 0.489. The fourth-order valence-corrected chi connectivity index (χ4v) is 3.99. The summed E-state index contributed by atoms with van der Waals surface area (Å²) in [7, 11) is 1.51. The van der Waals surface area contributed by atoms with Gasteiger partial charge in [-0.25, -0.2) is 0 Å². The molecule has 0 aromatic heterocycles. The summed E-state index contributed by atoms with van der Waals surface area (Å²) in [6, 6.07) is 0. The van der Waals surface area contributed by atoms with Gasteiger partial charge >= 0.3 is 6.18 Å². The van der Waals surface area contributed by atoms with E-state index in [4.69, 9.17) is 0 Å². The van der Waals surface area contributed by atoms with E-state index >= 15 is 0 Å². The third kappa shape index (κ3) is 5.83. The number of hydrogen-bond donors (Lipinski definition) is 1. The standard InChI is InChI=1S/C17H31F3N4/c1-3-21-15(22-10-6-11-23(2)14-17(18,19)20)24-12-9-16(13-24)7-4-5-8-16/h3-14H2,1-2H3,(H,21,22). The van der Waals surface area contributed by atoms with Gasteiger partial charge in [-0.15, -0.1) is 0 Å². The molecule has 0 bridgehead atoms. The first-order valence-electron chi connectivity index (χ1n) is 9.12. The van der Waals surface area contributed by atoms with Crippen molar-refractivity contribution in [3.05, 3.63) is 0 Å². The molecule has 0 amide bonds. The molecule has 7 heteroatoms. The first-order chi connectivity index (χ1) is 11.3. The average molecular weight is 348 g/mol. The van der Waals surface area contributed by atoms with Gasteiger partial charge in [0.25, 0.3) is 0 Å². The van der Waals surface area contributed by atoms with Crippen molar-refractivity contribution in [3.8, 4) is 0 Å². The summed E-state index contributed by atoms with van der Waals surface area (Å²) in [5, 5.41) is 3.34. The number of nitrogens with one attached hydrogen (secondary N) is 1. The Kier molecular flexibility index (Phi) is 6.78. The number of halogens is 3. The number of guanidine groups is 1. The summed E-state index contributed by atoms with van der Waals surface area (Å²) >= 11 is 0. The van der Waals surface area contributed by atoms with Gasteiger partial charge in [0.2, 0.25) is 0 Å². The molecule has 1 N–H and O–H groups in total. The highest BCUT2D eigenvalue weighted by molar-refractivity contribution is 5.80. The molecule has 4 nitrogen and oxygen atoms in total. The normalized spacial score (nSPS) is 21.2. The summed E-state index contributed by atoms with van der Waals surface area (Å²) in [6.07, 6.45) is 3.08. The number of nitrogens with zero attached hydrogens (tertiary/aromatic N) is 3. The molecule has 0 radical (unpaired) electrons. The first-order valence-corrected chi connectivity index (χ1v) is 9.12. The Morgan fingerprint density at radius 2 is 1.96 bits per heavy atom. The van der Waals surface area contributed by atoms with E-state index in [1.165, 1.54) is 44.1 Å².